The molecule has 0 saturated heterocycles. The van der Waals surface area contributed by atoms with E-state index in [0.717, 1.165) is 12.1 Å². The first-order valence-electron chi connectivity index (χ1n) is 9.48. The van der Waals surface area contributed by atoms with Crippen molar-refractivity contribution in [2.24, 2.45) is 5.92 Å². The molecule has 2 aromatic rings. The van der Waals surface area contributed by atoms with Crippen LogP contribution < -0.4 is 10.6 Å². The molecule has 0 radical (unpaired) electrons. The van der Waals surface area contributed by atoms with Crippen LogP contribution >= 0.6 is 0 Å². The summed E-state index contributed by atoms with van der Waals surface area (Å²) >= 11 is 0. The van der Waals surface area contributed by atoms with Gasteiger partial charge in [0, 0.05) is 11.6 Å². The van der Waals surface area contributed by atoms with Crippen LogP contribution in [0.2, 0.25) is 0 Å². The quantitative estimate of drug-likeness (QED) is 0.622. The lowest BCUT2D eigenvalue weighted by molar-refractivity contribution is -0.141. The van der Waals surface area contributed by atoms with E-state index in [4.69, 9.17) is 0 Å². The molecule has 0 spiro atoms. The Bertz CT molecular complexity index is 910. The van der Waals surface area contributed by atoms with E-state index >= 15 is 0 Å². The molecular formula is C22H23F3N2O4. The van der Waals surface area contributed by atoms with Gasteiger partial charge in [-0.15, -0.1) is 0 Å². The van der Waals surface area contributed by atoms with Gasteiger partial charge in [-0.1, -0.05) is 31.2 Å². The maximum atomic E-state index is 12.6. The average molecular weight is 436 g/mol. The van der Waals surface area contributed by atoms with Crippen molar-refractivity contribution in [2.45, 2.75) is 25.9 Å². The zero-order valence-corrected chi connectivity index (χ0v) is 17.1. The summed E-state index contributed by atoms with van der Waals surface area (Å²) in [6, 6.07) is 11.4. The first kappa shape index (κ1) is 23.9. The number of alkyl halides is 3. The molecule has 9 heteroatoms. The zero-order valence-electron chi connectivity index (χ0n) is 17.1. The van der Waals surface area contributed by atoms with Crippen molar-refractivity contribution in [3.8, 4) is 0 Å². The van der Waals surface area contributed by atoms with Crippen molar-refractivity contribution in [3.63, 3.8) is 0 Å². The summed E-state index contributed by atoms with van der Waals surface area (Å²) in [5.41, 5.74) is 1.12. The fourth-order valence-electron chi connectivity index (χ4n) is 2.74. The van der Waals surface area contributed by atoms with E-state index in [1.807, 2.05) is 0 Å². The molecule has 0 aliphatic heterocycles. The standard InChI is InChI=1S/C22H23F3N2O4/c1-14(11-15-3-7-17(8-4-15)22(23,24)25)21(30)27-18-9-5-16(6-10-18)12-19(28)26-13-20(29)31-2/h3-10,14H,11-13H2,1-2H3,(H,26,28)(H,27,30). The first-order chi connectivity index (χ1) is 14.6. The highest BCUT2D eigenvalue weighted by atomic mass is 19.4. The zero-order chi connectivity index (χ0) is 23.0. The smallest absolute Gasteiger partial charge is 0.416 e. The molecule has 6 nitrogen and oxygen atoms in total. The van der Waals surface area contributed by atoms with Crippen molar-refractivity contribution in [1.29, 1.82) is 0 Å². The third-order valence-electron chi connectivity index (χ3n) is 4.51. The van der Waals surface area contributed by atoms with E-state index in [1.165, 1.54) is 19.2 Å². The maximum absolute atomic E-state index is 12.6. The van der Waals surface area contributed by atoms with Crippen molar-refractivity contribution >= 4 is 23.5 Å². The van der Waals surface area contributed by atoms with Crippen LogP contribution in [0, 0.1) is 5.92 Å². The molecule has 2 amide bonds. The number of ether oxygens (including phenoxy) is 1. The SMILES string of the molecule is COC(=O)CNC(=O)Cc1ccc(NC(=O)C(C)Cc2ccc(C(F)(F)F)cc2)cc1. The van der Waals surface area contributed by atoms with Gasteiger partial charge in [-0.05, 0) is 41.8 Å². The van der Waals surface area contributed by atoms with E-state index in [-0.39, 0.29) is 24.8 Å². The molecule has 2 N–H and O–H groups in total. The Labute approximate surface area is 177 Å². The Morgan fingerprint density at radius 3 is 2.10 bits per heavy atom. The van der Waals surface area contributed by atoms with E-state index < -0.39 is 23.6 Å². The molecule has 1 unspecified atom stereocenters. The average Bonchev–Trinajstić information content (AvgIpc) is 2.73. The number of methoxy groups -OCH3 is 1. The molecule has 0 aromatic heterocycles. The summed E-state index contributed by atoms with van der Waals surface area (Å²) in [5.74, 6) is -1.62. The molecule has 0 fully saturated rings. The minimum atomic E-state index is -4.39. The Morgan fingerprint density at radius 1 is 0.968 bits per heavy atom. The molecule has 0 aliphatic rings. The summed E-state index contributed by atoms with van der Waals surface area (Å²) in [4.78, 5) is 35.2. The van der Waals surface area contributed by atoms with Gasteiger partial charge in [-0.25, -0.2) is 0 Å². The number of hydrogen-bond donors (Lipinski definition) is 2. The fraction of sp³-hybridized carbons (Fsp3) is 0.318. The van der Waals surface area contributed by atoms with Gasteiger partial charge in [0.1, 0.15) is 6.54 Å². The van der Waals surface area contributed by atoms with Crippen LogP contribution in [-0.2, 0) is 38.1 Å². The second kappa shape index (κ2) is 10.6. The van der Waals surface area contributed by atoms with Crippen LogP contribution in [0.1, 0.15) is 23.6 Å². The molecule has 0 aliphatic carbocycles. The lowest BCUT2D eigenvalue weighted by Crippen LogP contribution is -2.31. The molecule has 2 aromatic carbocycles. The van der Waals surface area contributed by atoms with Gasteiger partial charge in [0.05, 0.1) is 19.1 Å². The molecule has 0 saturated carbocycles. The largest absolute Gasteiger partial charge is 0.468 e. The Morgan fingerprint density at radius 2 is 1.55 bits per heavy atom. The van der Waals surface area contributed by atoms with Crippen LogP contribution in [0.15, 0.2) is 48.5 Å². The van der Waals surface area contributed by atoms with E-state index in [0.29, 0.717) is 23.2 Å². The Balaban J connectivity index is 1.86. The van der Waals surface area contributed by atoms with Crippen molar-refractivity contribution in [3.05, 3.63) is 65.2 Å². The summed E-state index contributed by atoms with van der Waals surface area (Å²) < 4.78 is 42.3. The van der Waals surface area contributed by atoms with E-state index in [1.54, 1.807) is 31.2 Å². The van der Waals surface area contributed by atoms with Crippen LogP contribution in [0.5, 0.6) is 0 Å². The third kappa shape index (κ3) is 7.76. The fourth-order valence-corrected chi connectivity index (χ4v) is 2.74. The minimum Gasteiger partial charge on any atom is -0.468 e. The number of carbonyl (C=O) groups is 3. The van der Waals surface area contributed by atoms with E-state index in [9.17, 15) is 27.6 Å². The molecule has 1 atom stereocenters. The number of amides is 2. The summed E-state index contributed by atoms with van der Waals surface area (Å²) in [5, 5.41) is 5.18. The van der Waals surface area contributed by atoms with Gasteiger partial charge in [-0.2, -0.15) is 13.2 Å². The number of esters is 1. The highest BCUT2D eigenvalue weighted by Gasteiger charge is 2.30. The van der Waals surface area contributed by atoms with Gasteiger partial charge in [-0.3, -0.25) is 14.4 Å². The van der Waals surface area contributed by atoms with Crippen LogP contribution in [0.25, 0.3) is 0 Å². The summed E-state index contributed by atoms with van der Waals surface area (Å²) in [6.07, 6.45) is -4.03. The third-order valence-corrected chi connectivity index (χ3v) is 4.51. The highest BCUT2D eigenvalue weighted by Crippen LogP contribution is 2.29. The topological polar surface area (TPSA) is 84.5 Å². The molecular weight excluding hydrogens is 413 g/mol. The number of benzene rings is 2. The number of anilines is 1. The van der Waals surface area contributed by atoms with Crippen molar-refractivity contribution < 1.29 is 32.3 Å². The normalized spacial score (nSPS) is 12.0. The number of rotatable bonds is 8. The molecule has 166 valence electrons. The number of carbonyl (C=O) groups excluding carboxylic acids is 3. The Hall–Kier alpha value is -3.36. The van der Waals surface area contributed by atoms with Crippen LogP contribution in [0.4, 0.5) is 18.9 Å². The summed E-state index contributed by atoms with van der Waals surface area (Å²) in [6.45, 7) is 1.48. The van der Waals surface area contributed by atoms with Gasteiger partial charge >= 0.3 is 12.1 Å². The van der Waals surface area contributed by atoms with Crippen molar-refractivity contribution in [2.75, 3.05) is 19.0 Å². The summed E-state index contributed by atoms with van der Waals surface area (Å²) in [7, 11) is 1.23. The molecule has 2 rings (SSSR count). The Kier molecular flexibility index (Phi) is 8.18. The van der Waals surface area contributed by atoms with Gasteiger partial charge in [0.25, 0.3) is 0 Å². The van der Waals surface area contributed by atoms with Gasteiger partial charge in [0.2, 0.25) is 11.8 Å². The first-order valence-corrected chi connectivity index (χ1v) is 9.48. The predicted molar refractivity (Wildman–Crippen MR) is 108 cm³/mol. The van der Waals surface area contributed by atoms with Gasteiger partial charge in [0.15, 0.2) is 0 Å². The molecule has 0 bridgehead atoms. The van der Waals surface area contributed by atoms with Crippen LogP contribution in [0.3, 0.4) is 0 Å². The number of halogens is 3. The van der Waals surface area contributed by atoms with Crippen molar-refractivity contribution in [1.82, 2.24) is 5.32 Å². The van der Waals surface area contributed by atoms with E-state index in [2.05, 4.69) is 15.4 Å². The molecule has 0 heterocycles. The maximum Gasteiger partial charge on any atom is 0.416 e. The monoisotopic (exact) mass is 436 g/mol. The number of hydrogen-bond acceptors (Lipinski definition) is 4. The minimum absolute atomic E-state index is 0.0650. The van der Waals surface area contributed by atoms with Gasteiger partial charge < -0.3 is 15.4 Å². The number of nitrogens with one attached hydrogen (secondary N) is 2. The predicted octanol–water partition coefficient (Wildman–Crippen LogP) is 3.35. The lowest BCUT2D eigenvalue weighted by Gasteiger charge is -2.13. The lowest BCUT2D eigenvalue weighted by atomic mass is 9.99. The second-order valence-corrected chi connectivity index (χ2v) is 7.02. The second-order valence-electron chi connectivity index (χ2n) is 7.02. The highest BCUT2D eigenvalue weighted by molar-refractivity contribution is 5.92. The molecule has 31 heavy (non-hydrogen) atoms. The van der Waals surface area contributed by atoms with Crippen LogP contribution in [-0.4, -0.2) is 31.4 Å².